The van der Waals surface area contributed by atoms with E-state index in [1.54, 1.807) is 32.9 Å². The van der Waals surface area contributed by atoms with Gasteiger partial charge in [-0.2, -0.15) is 4.72 Å². The zero-order valence-electron chi connectivity index (χ0n) is 14.1. The maximum absolute atomic E-state index is 12.7. The Morgan fingerprint density at radius 1 is 1.25 bits per heavy atom. The Kier molecular flexibility index (Phi) is 5.30. The molecule has 0 spiro atoms. The van der Waals surface area contributed by atoms with Crippen LogP contribution < -0.4 is 4.72 Å². The Hall–Kier alpha value is -1.92. The second kappa shape index (κ2) is 6.91. The average molecular weight is 349 g/mol. The minimum Gasteiger partial charge on any atom is -0.480 e. The summed E-state index contributed by atoms with van der Waals surface area (Å²) in [5.41, 5.74) is 1.98. The molecule has 0 amide bonds. The van der Waals surface area contributed by atoms with Crippen LogP contribution in [0.5, 0.6) is 0 Å². The molecule has 1 aliphatic carbocycles. The standard InChI is InChI=1S/C18H23NO4S/c1-13(2)16(17(20)21)19-24(22,23)18(3)11-9-15(10-12-18)14-7-5-4-6-8-14/h4-11,13,16,19H,12H2,1-3H3,(H,20,21). The highest BCUT2D eigenvalue weighted by molar-refractivity contribution is 7.91. The summed E-state index contributed by atoms with van der Waals surface area (Å²) < 4.78 is 26.6. The molecule has 5 nitrogen and oxygen atoms in total. The second-order valence-electron chi connectivity index (χ2n) is 6.56. The SMILES string of the molecule is CC(C)C(NS(=O)(=O)C1(C)C=CC(c2ccccc2)=CC1)C(=O)O. The first kappa shape index (κ1) is 18.4. The highest BCUT2D eigenvalue weighted by atomic mass is 32.2. The van der Waals surface area contributed by atoms with Gasteiger partial charge in [-0.1, -0.05) is 62.4 Å². The predicted octanol–water partition coefficient (Wildman–Crippen LogP) is 2.82. The normalized spacial score (nSPS) is 22.2. The molecule has 1 aliphatic rings. The lowest BCUT2D eigenvalue weighted by molar-refractivity contribution is -0.140. The van der Waals surface area contributed by atoms with Gasteiger partial charge in [0.05, 0.1) is 0 Å². The highest BCUT2D eigenvalue weighted by Gasteiger charge is 2.40. The van der Waals surface area contributed by atoms with Crippen LogP contribution in [0.15, 0.2) is 48.6 Å². The molecule has 2 rings (SSSR count). The summed E-state index contributed by atoms with van der Waals surface area (Å²) in [5.74, 6) is -1.51. The average Bonchev–Trinajstić information content (AvgIpc) is 2.53. The molecule has 0 saturated carbocycles. The Morgan fingerprint density at radius 2 is 1.88 bits per heavy atom. The van der Waals surface area contributed by atoms with E-state index in [4.69, 9.17) is 0 Å². The van der Waals surface area contributed by atoms with E-state index in [2.05, 4.69) is 4.72 Å². The van der Waals surface area contributed by atoms with Crippen LogP contribution in [0, 0.1) is 5.92 Å². The monoisotopic (exact) mass is 349 g/mol. The second-order valence-corrected chi connectivity index (χ2v) is 8.73. The number of allylic oxidation sites excluding steroid dienone is 3. The Labute approximate surface area is 143 Å². The minimum absolute atomic E-state index is 0.285. The minimum atomic E-state index is -3.84. The molecule has 2 N–H and O–H groups in total. The van der Waals surface area contributed by atoms with Crippen molar-refractivity contribution in [2.24, 2.45) is 5.92 Å². The number of sulfonamides is 1. The summed E-state index contributed by atoms with van der Waals surface area (Å²) in [4.78, 5) is 11.3. The summed E-state index contributed by atoms with van der Waals surface area (Å²) in [6, 6.07) is 8.56. The van der Waals surface area contributed by atoms with Gasteiger partial charge in [0.2, 0.25) is 10.0 Å². The van der Waals surface area contributed by atoms with Crippen molar-refractivity contribution < 1.29 is 18.3 Å². The van der Waals surface area contributed by atoms with Crippen LogP contribution in [0.4, 0.5) is 0 Å². The molecule has 2 unspecified atom stereocenters. The molecule has 130 valence electrons. The fraction of sp³-hybridized carbons (Fsp3) is 0.389. The Bertz CT molecular complexity index is 765. The molecule has 1 aromatic rings. The third-order valence-electron chi connectivity index (χ3n) is 4.28. The number of nitrogens with one attached hydrogen (secondary N) is 1. The maximum atomic E-state index is 12.7. The molecule has 0 heterocycles. The van der Waals surface area contributed by atoms with Crippen molar-refractivity contribution in [3.8, 4) is 0 Å². The largest absolute Gasteiger partial charge is 0.480 e. The van der Waals surface area contributed by atoms with Crippen molar-refractivity contribution in [3.05, 3.63) is 54.1 Å². The van der Waals surface area contributed by atoms with Crippen LogP contribution in [-0.4, -0.2) is 30.3 Å². The molecule has 0 fully saturated rings. The maximum Gasteiger partial charge on any atom is 0.321 e. The third-order valence-corrected chi connectivity index (χ3v) is 6.37. The van der Waals surface area contributed by atoms with Crippen LogP contribution in [0.3, 0.4) is 0 Å². The number of hydrogen-bond donors (Lipinski definition) is 2. The summed E-state index contributed by atoms with van der Waals surface area (Å²) in [7, 11) is -3.84. The van der Waals surface area contributed by atoms with Gasteiger partial charge < -0.3 is 5.11 Å². The van der Waals surface area contributed by atoms with Crippen molar-refractivity contribution in [1.29, 1.82) is 0 Å². The predicted molar refractivity (Wildman–Crippen MR) is 94.9 cm³/mol. The number of aliphatic carboxylic acids is 1. The molecule has 0 bridgehead atoms. The lowest BCUT2D eigenvalue weighted by atomic mass is 9.93. The molecule has 0 radical (unpaired) electrons. The van der Waals surface area contributed by atoms with Crippen molar-refractivity contribution in [2.45, 2.75) is 38.0 Å². The smallest absolute Gasteiger partial charge is 0.321 e. The van der Waals surface area contributed by atoms with E-state index in [1.807, 2.05) is 36.4 Å². The van der Waals surface area contributed by atoms with E-state index in [1.165, 1.54) is 0 Å². The Morgan fingerprint density at radius 3 is 2.33 bits per heavy atom. The van der Waals surface area contributed by atoms with Gasteiger partial charge in [0.1, 0.15) is 10.8 Å². The van der Waals surface area contributed by atoms with E-state index in [0.717, 1.165) is 11.1 Å². The Balaban J connectivity index is 2.22. The molecule has 0 saturated heterocycles. The van der Waals surface area contributed by atoms with Crippen molar-refractivity contribution in [1.82, 2.24) is 4.72 Å². The van der Waals surface area contributed by atoms with E-state index in [-0.39, 0.29) is 12.3 Å². The van der Waals surface area contributed by atoms with Crippen LogP contribution in [0.25, 0.3) is 5.57 Å². The van der Waals surface area contributed by atoms with Crippen LogP contribution >= 0.6 is 0 Å². The molecule has 0 aliphatic heterocycles. The third kappa shape index (κ3) is 3.76. The number of carboxylic acids is 1. The van der Waals surface area contributed by atoms with Gasteiger partial charge in [-0.25, -0.2) is 8.42 Å². The van der Waals surface area contributed by atoms with Crippen molar-refractivity contribution in [2.75, 3.05) is 0 Å². The zero-order chi connectivity index (χ0) is 18.0. The van der Waals surface area contributed by atoms with Gasteiger partial charge in [0.15, 0.2) is 0 Å². The fourth-order valence-electron chi connectivity index (χ4n) is 2.53. The van der Waals surface area contributed by atoms with E-state index in [9.17, 15) is 18.3 Å². The topological polar surface area (TPSA) is 83.5 Å². The van der Waals surface area contributed by atoms with Gasteiger partial charge in [0.25, 0.3) is 0 Å². The highest BCUT2D eigenvalue weighted by Crippen LogP contribution is 2.32. The van der Waals surface area contributed by atoms with Gasteiger partial charge in [-0.05, 0) is 30.4 Å². The van der Waals surface area contributed by atoms with Gasteiger partial charge in [-0.3, -0.25) is 4.79 Å². The number of rotatable bonds is 6. The van der Waals surface area contributed by atoms with Gasteiger partial charge >= 0.3 is 5.97 Å². The van der Waals surface area contributed by atoms with E-state index in [0.29, 0.717) is 0 Å². The molecule has 1 aromatic carbocycles. The summed E-state index contributed by atoms with van der Waals surface area (Å²) >= 11 is 0. The van der Waals surface area contributed by atoms with E-state index < -0.39 is 26.8 Å². The van der Waals surface area contributed by atoms with Crippen molar-refractivity contribution in [3.63, 3.8) is 0 Å². The first-order chi connectivity index (χ1) is 11.2. The molecule has 2 atom stereocenters. The quantitative estimate of drug-likeness (QED) is 0.827. The van der Waals surface area contributed by atoms with Gasteiger partial charge in [0, 0.05) is 0 Å². The molecular formula is C18H23NO4S. The number of carboxylic acid groups (broad SMARTS) is 1. The van der Waals surface area contributed by atoms with E-state index >= 15 is 0 Å². The van der Waals surface area contributed by atoms with Gasteiger partial charge in [-0.15, -0.1) is 0 Å². The zero-order valence-corrected chi connectivity index (χ0v) is 14.9. The lowest BCUT2D eigenvalue weighted by Crippen LogP contribution is -2.51. The molecule has 6 heteroatoms. The first-order valence-electron chi connectivity index (χ1n) is 7.86. The number of carbonyl (C=O) groups is 1. The molecule has 24 heavy (non-hydrogen) atoms. The summed E-state index contributed by atoms with van der Waals surface area (Å²) in [6.45, 7) is 4.95. The lowest BCUT2D eigenvalue weighted by Gasteiger charge is -2.30. The molecular weight excluding hydrogens is 326 g/mol. The summed E-state index contributed by atoms with van der Waals surface area (Å²) in [5, 5.41) is 9.22. The summed E-state index contributed by atoms with van der Waals surface area (Å²) in [6.07, 6.45) is 5.58. The molecule has 0 aromatic heterocycles. The van der Waals surface area contributed by atoms with Crippen LogP contribution in [0.1, 0.15) is 32.8 Å². The van der Waals surface area contributed by atoms with Crippen LogP contribution in [-0.2, 0) is 14.8 Å². The van der Waals surface area contributed by atoms with Crippen molar-refractivity contribution >= 4 is 21.6 Å². The number of benzene rings is 1. The number of hydrogen-bond acceptors (Lipinski definition) is 3. The first-order valence-corrected chi connectivity index (χ1v) is 9.34. The fourth-order valence-corrected chi connectivity index (χ4v) is 4.06. The van der Waals surface area contributed by atoms with Crippen LogP contribution in [0.2, 0.25) is 0 Å².